The second kappa shape index (κ2) is 38.2. The van der Waals surface area contributed by atoms with E-state index in [9.17, 15) is 19.0 Å². The summed E-state index contributed by atoms with van der Waals surface area (Å²) >= 11 is 0. The molecule has 0 spiro atoms. The van der Waals surface area contributed by atoms with E-state index in [1.165, 1.54) is 128 Å². The fourth-order valence-electron chi connectivity index (χ4n) is 5.83. The lowest BCUT2D eigenvalue weighted by atomic mass is 10.0. The van der Waals surface area contributed by atoms with Crippen LogP contribution in [0.4, 0.5) is 0 Å². The second-order valence-electron chi connectivity index (χ2n) is 15.4. The first kappa shape index (κ1) is 55.3. The number of quaternary nitrogens is 1. The summed E-state index contributed by atoms with van der Waals surface area (Å²) in [7, 11) is 1.18. The van der Waals surface area contributed by atoms with Gasteiger partial charge in [0, 0.05) is 12.8 Å². The zero-order valence-electron chi connectivity index (χ0n) is 34.4. The van der Waals surface area contributed by atoms with E-state index in [2.05, 4.69) is 13.8 Å². The van der Waals surface area contributed by atoms with E-state index in [1.54, 1.807) is 0 Å². The SMILES string of the molecule is CCCCCCCCCCCCCCCC(=O)OCC(COP(=O)([O-])OCC[N+](C)(C)C)OC(=O)CCCCCCCCCCCCCCC.O.O. The van der Waals surface area contributed by atoms with E-state index in [0.717, 1.165) is 32.1 Å². The molecule has 0 rings (SSSR count). The molecule has 12 heteroatoms. The molecule has 11 nitrogen and oxygen atoms in total. The third kappa shape index (κ3) is 41.7. The predicted molar refractivity (Wildman–Crippen MR) is 211 cm³/mol. The molecule has 0 aromatic carbocycles. The van der Waals surface area contributed by atoms with Crippen LogP contribution >= 0.6 is 7.82 Å². The van der Waals surface area contributed by atoms with Crippen molar-refractivity contribution in [2.24, 2.45) is 0 Å². The second-order valence-corrected chi connectivity index (χ2v) is 16.8. The van der Waals surface area contributed by atoms with Gasteiger partial charge in [-0.2, -0.15) is 0 Å². The molecular formula is C40H84NO10P. The van der Waals surface area contributed by atoms with Crippen molar-refractivity contribution < 1.29 is 53.0 Å². The van der Waals surface area contributed by atoms with Crippen LogP contribution in [0.15, 0.2) is 0 Å². The van der Waals surface area contributed by atoms with Crippen LogP contribution in [0.2, 0.25) is 0 Å². The van der Waals surface area contributed by atoms with Crippen molar-refractivity contribution in [1.29, 1.82) is 0 Å². The number of phosphoric ester groups is 1. The van der Waals surface area contributed by atoms with Crippen molar-refractivity contribution in [2.75, 3.05) is 47.5 Å². The van der Waals surface area contributed by atoms with E-state index < -0.39 is 26.5 Å². The van der Waals surface area contributed by atoms with Crippen molar-refractivity contribution >= 4 is 19.8 Å². The lowest BCUT2D eigenvalue weighted by Gasteiger charge is -2.28. The van der Waals surface area contributed by atoms with Gasteiger partial charge >= 0.3 is 11.9 Å². The number of esters is 2. The van der Waals surface area contributed by atoms with Crippen molar-refractivity contribution in [2.45, 2.75) is 200 Å². The first-order valence-corrected chi connectivity index (χ1v) is 22.2. The Kier molecular flexibility index (Phi) is 40.6. The largest absolute Gasteiger partial charge is 0.756 e. The molecule has 0 amide bonds. The number of unbranched alkanes of at least 4 members (excludes halogenated alkanes) is 24. The summed E-state index contributed by atoms with van der Waals surface area (Å²) in [5, 5.41) is 0. The maximum absolute atomic E-state index is 12.6. The van der Waals surface area contributed by atoms with Gasteiger partial charge in [-0.3, -0.25) is 14.2 Å². The summed E-state index contributed by atoms with van der Waals surface area (Å²) in [5.41, 5.74) is 0. The molecule has 0 radical (unpaired) electrons. The Morgan fingerprint density at radius 3 is 1.25 bits per heavy atom. The number of hydrogen-bond donors (Lipinski definition) is 0. The summed E-state index contributed by atoms with van der Waals surface area (Å²) in [6, 6.07) is 0. The number of phosphoric acid groups is 1. The fourth-order valence-corrected chi connectivity index (χ4v) is 6.56. The topological polar surface area (TPSA) is 174 Å². The fraction of sp³-hybridized carbons (Fsp3) is 0.950. The molecule has 0 aliphatic carbocycles. The smallest absolute Gasteiger partial charge is 0.306 e. The Morgan fingerprint density at radius 1 is 0.538 bits per heavy atom. The summed E-state index contributed by atoms with van der Waals surface area (Å²) < 4.78 is 33.8. The number of carbonyl (C=O) groups is 2. The Balaban J connectivity index is -0.0000120. The van der Waals surface area contributed by atoms with E-state index in [-0.39, 0.29) is 43.0 Å². The number of hydrogen-bond acceptors (Lipinski definition) is 8. The summed E-state index contributed by atoms with van der Waals surface area (Å²) in [5.74, 6) is -0.823. The third-order valence-corrected chi connectivity index (χ3v) is 10.1. The van der Waals surface area contributed by atoms with Crippen LogP contribution in [-0.2, 0) is 32.7 Å². The number of nitrogens with zero attached hydrogens (tertiary/aromatic N) is 1. The molecule has 0 aliphatic rings. The molecule has 0 fully saturated rings. The standard InChI is InChI=1S/C40H80NO8P.2H2O/c1-6-8-10-12-14-16-18-20-22-24-26-28-30-32-39(42)46-36-38(37-48-50(44,45)47-35-34-41(3,4)5)49-40(43)33-31-29-27-25-23-21-19-17-15-13-11-9-7-2;;/h38H,6-37H2,1-5H3;2*1H2. The Labute approximate surface area is 319 Å². The highest BCUT2D eigenvalue weighted by Crippen LogP contribution is 2.38. The van der Waals surface area contributed by atoms with Crippen LogP contribution in [0.5, 0.6) is 0 Å². The Bertz CT molecular complexity index is 840. The molecule has 0 saturated heterocycles. The van der Waals surface area contributed by atoms with Crippen LogP contribution in [0.3, 0.4) is 0 Å². The summed E-state index contributed by atoms with van der Waals surface area (Å²) in [6.45, 7) is 4.24. The van der Waals surface area contributed by atoms with Gasteiger partial charge in [0.15, 0.2) is 6.10 Å². The molecule has 0 aliphatic heterocycles. The molecule has 2 unspecified atom stereocenters. The minimum absolute atomic E-state index is 0. The lowest BCUT2D eigenvalue weighted by Crippen LogP contribution is -2.37. The van der Waals surface area contributed by atoms with E-state index in [4.69, 9.17) is 18.5 Å². The van der Waals surface area contributed by atoms with Crippen molar-refractivity contribution in [3.05, 3.63) is 0 Å². The maximum atomic E-state index is 12.6. The lowest BCUT2D eigenvalue weighted by molar-refractivity contribution is -0.870. The van der Waals surface area contributed by atoms with Crippen LogP contribution in [0.25, 0.3) is 0 Å². The van der Waals surface area contributed by atoms with E-state index >= 15 is 0 Å². The molecule has 314 valence electrons. The normalized spacial score (nSPS) is 13.1. The molecule has 2 atom stereocenters. The zero-order valence-corrected chi connectivity index (χ0v) is 35.3. The number of likely N-dealkylation sites (N-methyl/N-ethyl adjacent to an activating group) is 1. The van der Waals surface area contributed by atoms with Crippen LogP contribution in [0, 0.1) is 0 Å². The van der Waals surface area contributed by atoms with Gasteiger partial charge in [0.1, 0.15) is 19.8 Å². The average Bonchev–Trinajstić information content (AvgIpc) is 3.06. The van der Waals surface area contributed by atoms with Crippen molar-refractivity contribution in [3.8, 4) is 0 Å². The monoisotopic (exact) mass is 770 g/mol. The van der Waals surface area contributed by atoms with Gasteiger partial charge < -0.3 is 38.9 Å². The average molecular weight is 770 g/mol. The first-order valence-electron chi connectivity index (χ1n) is 20.7. The maximum Gasteiger partial charge on any atom is 0.306 e. The molecule has 4 N–H and O–H groups in total. The minimum atomic E-state index is -4.61. The van der Waals surface area contributed by atoms with Gasteiger partial charge in [-0.25, -0.2) is 0 Å². The van der Waals surface area contributed by atoms with Crippen LogP contribution < -0.4 is 4.89 Å². The summed E-state index contributed by atoms with van der Waals surface area (Å²) in [4.78, 5) is 37.4. The van der Waals surface area contributed by atoms with Gasteiger partial charge in [-0.05, 0) is 12.8 Å². The van der Waals surface area contributed by atoms with Crippen molar-refractivity contribution in [1.82, 2.24) is 0 Å². The number of ether oxygens (including phenoxy) is 2. The minimum Gasteiger partial charge on any atom is -0.756 e. The van der Waals surface area contributed by atoms with Gasteiger partial charge in [0.05, 0.1) is 27.7 Å². The highest BCUT2D eigenvalue weighted by molar-refractivity contribution is 7.45. The number of carbonyl (C=O) groups excluding carboxylic acids is 2. The molecule has 0 saturated carbocycles. The van der Waals surface area contributed by atoms with Gasteiger partial charge in [-0.15, -0.1) is 0 Å². The van der Waals surface area contributed by atoms with Gasteiger partial charge in [0.25, 0.3) is 7.82 Å². The summed E-state index contributed by atoms with van der Waals surface area (Å²) in [6.07, 6.45) is 31.2. The van der Waals surface area contributed by atoms with Crippen LogP contribution in [0.1, 0.15) is 194 Å². The molecule has 0 aromatic heterocycles. The molecular weight excluding hydrogens is 685 g/mol. The van der Waals surface area contributed by atoms with Crippen LogP contribution in [-0.4, -0.2) is 81.0 Å². The predicted octanol–water partition coefficient (Wildman–Crippen LogP) is 8.96. The molecule has 0 bridgehead atoms. The zero-order chi connectivity index (χ0) is 37.2. The van der Waals surface area contributed by atoms with Gasteiger partial charge in [-0.1, -0.05) is 168 Å². The molecule has 0 aromatic rings. The Hall–Kier alpha value is -1.07. The van der Waals surface area contributed by atoms with E-state index in [1.807, 2.05) is 21.1 Å². The molecule has 0 heterocycles. The van der Waals surface area contributed by atoms with E-state index in [0.29, 0.717) is 17.4 Å². The highest BCUT2D eigenvalue weighted by atomic mass is 31.2. The molecule has 52 heavy (non-hydrogen) atoms. The first-order chi connectivity index (χ1) is 24.0. The Morgan fingerprint density at radius 2 is 0.885 bits per heavy atom. The van der Waals surface area contributed by atoms with Crippen molar-refractivity contribution in [3.63, 3.8) is 0 Å². The van der Waals surface area contributed by atoms with Gasteiger partial charge in [0.2, 0.25) is 0 Å². The highest BCUT2D eigenvalue weighted by Gasteiger charge is 2.21. The quantitative estimate of drug-likeness (QED) is 0.0259. The third-order valence-electron chi connectivity index (χ3n) is 9.13. The number of rotatable bonds is 38.